The molecular formula is C25H28N6O2. The first-order valence-corrected chi connectivity index (χ1v) is 11.4. The van der Waals surface area contributed by atoms with Gasteiger partial charge in [-0.15, -0.1) is 0 Å². The number of carbonyl (C=O) groups is 1. The molecule has 1 amide bonds. The fourth-order valence-electron chi connectivity index (χ4n) is 4.68. The summed E-state index contributed by atoms with van der Waals surface area (Å²) in [5.74, 6) is 2.91. The summed E-state index contributed by atoms with van der Waals surface area (Å²) in [4.78, 5) is 26.5. The summed E-state index contributed by atoms with van der Waals surface area (Å²) >= 11 is 0. The molecule has 8 heteroatoms. The molecule has 0 atom stereocenters. The van der Waals surface area contributed by atoms with Gasteiger partial charge in [-0.25, -0.2) is 4.98 Å². The Morgan fingerprint density at radius 2 is 2.12 bits per heavy atom. The van der Waals surface area contributed by atoms with Gasteiger partial charge in [0.1, 0.15) is 17.1 Å². The van der Waals surface area contributed by atoms with E-state index in [4.69, 9.17) is 15.0 Å². The van der Waals surface area contributed by atoms with Crippen LogP contribution in [-0.2, 0) is 7.05 Å². The van der Waals surface area contributed by atoms with Crippen LogP contribution in [0, 0.1) is 23.2 Å². The van der Waals surface area contributed by atoms with E-state index in [9.17, 15) is 4.79 Å². The van der Waals surface area contributed by atoms with Gasteiger partial charge >= 0.3 is 0 Å². The lowest BCUT2D eigenvalue weighted by molar-refractivity contribution is 0.0577. The van der Waals surface area contributed by atoms with E-state index in [1.54, 1.807) is 18.1 Å². The third-order valence-corrected chi connectivity index (χ3v) is 6.74. The first kappa shape index (κ1) is 21.3. The fourth-order valence-corrected chi connectivity index (χ4v) is 4.68. The number of aromatic nitrogens is 2. The van der Waals surface area contributed by atoms with Gasteiger partial charge in [0.2, 0.25) is 0 Å². The van der Waals surface area contributed by atoms with Crippen LogP contribution in [0.15, 0.2) is 34.9 Å². The second-order valence-electron chi connectivity index (χ2n) is 8.95. The number of allylic oxidation sites excluding steroid dienone is 1. The number of fused-ring (bicyclic) bond motifs is 1. The molecule has 1 aromatic heterocycles. The molecule has 1 aromatic carbocycles. The molecule has 170 valence electrons. The summed E-state index contributed by atoms with van der Waals surface area (Å²) < 4.78 is 7.72. The smallest absolute Gasteiger partial charge is 0.254 e. The van der Waals surface area contributed by atoms with Crippen molar-refractivity contribution >= 4 is 28.5 Å². The van der Waals surface area contributed by atoms with E-state index in [1.165, 1.54) is 12.8 Å². The van der Waals surface area contributed by atoms with Crippen LogP contribution in [0.25, 0.3) is 16.7 Å². The van der Waals surface area contributed by atoms with E-state index in [1.807, 2.05) is 31.7 Å². The minimum absolute atomic E-state index is 0.0805. The van der Waals surface area contributed by atoms with Gasteiger partial charge < -0.3 is 19.1 Å². The lowest BCUT2D eigenvalue weighted by Crippen LogP contribution is -2.49. The zero-order valence-corrected chi connectivity index (χ0v) is 19.5. The van der Waals surface area contributed by atoms with Gasteiger partial charge in [-0.2, -0.15) is 5.26 Å². The molecule has 2 aromatic rings. The summed E-state index contributed by atoms with van der Waals surface area (Å²) in [7, 11) is 5.42. The lowest BCUT2D eigenvalue weighted by atomic mass is 10.0. The Bertz CT molecular complexity index is 1270. The maximum Gasteiger partial charge on any atom is 0.254 e. The van der Waals surface area contributed by atoms with Gasteiger partial charge in [-0.1, -0.05) is 6.08 Å². The van der Waals surface area contributed by atoms with Crippen molar-refractivity contribution < 1.29 is 9.53 Å². The molecule has 8 nitrogen and oxygen atoms in total. The molecule has 1 aliphatic carbocycles. The third-order valence-electron chi connectivity index (χ3n) is 6.74. The number of nitriles is 1. The summed E-state index contributed by atoms with van der Waals surface area (Å²) in [6.07, 6.45) is 6.72. The van der Waals surface area contributed by atoms with E-state index in [0.29, 0.717) is 35.8 Å². The number of amides is 1. The van der Waals surface area contributed by atoms with E-state index < -0.39 is 0 Å². The predicted molar refractivity (Wildman–Crippen MR) is 127 cm³/mol. The van der Waals surface area contributed by atoms with Crippen molar-refractivity contribution in [3.05, 3.63) is 41.2 Å². The topological polar surface area (TPSA) is 86.8 Å². The fraction of sp³-hybridized carbons (Fsp3) is 0.440. The number of rotatable bonds is 5. The lowest BCUT2D eigenvalue weighted by Gasteiger charge is -2.35. The summed E-state index contributed by atoms with van der Waals surface area (Å²) in [5.41, 5.74) is 4.19. The number of hydrogen-bond donors (Lipinski definition) is 0. The largest absolute Gasteiger partial charge is 0.494 e. The van der Waals surface area contributed by atoms with Crippen molar-refractivity contribution in [1.29, 1.82) is 5.26 Å². The Labute approximate surface area is 193 Å². The molecule has 0 spiro atoms. The molecular weight excluding hydrogens is 416 g/mol. The SMILES string of the molecule is C/C=C1/C=C(c2nc3cc(C(=O)N4CC(C#N)C4)cc(OC)c3n2C)N(CC2CC2)/C1=N/C. The zero-order valence-electron chi connectivity index (χ0n) is 19.5. The second-order valence-corrected chi connectivity index (χ2v) is 8.95. The summed E-state index contributed by atoms with van der Waals surface area (Å²) in [5, 5.41) is 9.03. The highest BCUT2D eigenvalue weighted by Crippen LogP contribution is 2.38. The van der Waals surface area contributed by atoms with E-state index >= 15 is 0 Å². The van der Waals surface area contributed by atoms with E-state index in [2.05, 4.69) is 28.1 Å². The first-order chi connectivity index (χ1) is 16.0. The Balaban J connectivity index is 1.57. The molecule has 0 N–H and O–H groups in total. The van der Waals surface area contributed by atoms with E-state index in [-0.39, 0.29) is 11.8 Å². The molecule has 2 fully saturated rings. The van der Waals surface area contributed by atoms with Crippen LogP contribution in [0.1, 0.15) is 35.9 Å². The molecule has 2 aliphatic heterocycles. The molecule has 3 aliphatic rings. The average molecular weight is 445 g/mol. The van der Waals surface area contributed by atoms with Crippen LogP contribution < -0.4 is 4.74 Å². The minimum atomic E-state index is -0.0963. The molecule has 0 unspecified atom stereocenters. The minimum Gasteiger partial charge on any atom is -0.494 e. The van der Waals surface area contributed by atoms with Crippen LogP contribution in [0.2, 0.25) is 0 Å². The number of likely N-dealkylation sites (tertiary alicyclic amines) is 1. The van der Waals surface area contributed by atoms with Crippen LogP contribution in [0.4, 0.5) is 0 Å². The number of ether oxygens (including phenoxy) is 1. The van der Waals surface area contributed by atoms with Crippen LogP contribution in [0.5, 0.6) is 5.75 Å². The van der Waals surface area contributed by atoms with Gasteiger partial charge in [-0.05, 0) is 43.9 Å². The third kappa shape index (κ3) is 3.48. The maximum absolute atomic E-state index is 13.0. The normalized spacial score (nSPS) is 21.0. The number of benzene rings is 1. The zero-order chi connectivity index (χ0) is 23.3. The number of methoxy groups -OCH3 is 1. The Kier molecular flexibility index (Phi) is 5.20. The highest BCUT2D eigenvalue weighted by Gasteiger charge is 2.35. The number of hydrogen-bond acceptors (Lipinski definition) is 5. The van der Waals surface area contributed by atoms with Gasteiger partial charge in [0.25, 0.3) is 5.91 Å². The number of imidazole rings is 1. The van der Waals surface area contributed by atoms with Crippen molar-refractivity contribution in [2.24, 2.45) is 23.9 Å². The number of carbonyl (C=O) groups excluding carboxylic acids is 1. The molecule has 5 rings (SSSR count). The van der Waals surface area contributed by atoms with Crippen molar-refractivity contribution in [1.82, 2.24) is 19.4 Å². The molecule has 1 saturated heterocycles. The van der Waals surface area contributed by atoms with Gasteiger partial charge in [0, 0.05) is 44.9 Å². The monoisotopic (exact) mass is 444 g/mol. The van der Waals surface area contributed by atoms with Crippen LogP contribution in [-0.4, -0.2) is 64.9 Å². The quantitative estimate of drug-likeness (QED) is 0.707. The molecule has 1 saturated carbocycles. The first-order valence-electron chi connectivity index (χ1n) is 11.4. The number of aliphatic imine (C=N–C) groups is 1. The van der Waals surface area contributed by atoms with Crippen molar-refractivity contribution in [3.8, 4) is 11.8 Å². The summed E-state index contributed by atoms with van der Waals surface area (Å²) in [6.45, 7) is 3.89. The predicted octanol–water partition coefficient (Wildman–Crippen LogP) is 3.22. The second kappa shape index (κ2) is 8.07. The maximum atomic E-state index is 13.0. The summed E-state index contributed by atoms with van der Waals surface area (Å²) in [6, 6.07) is 5.82. The van der Waals surface area contributed by atoms with Crippen molar-refractivity contribution in [3.63, 3.8) is 0 Å². The van der Waals surface area contributed by atoms with Gasteiger partial charge in [0.05, 0.1) is 30.3 Å². The van der Waals surface area contributed by atoms with Crippen molar-refractivity contribution in [2.45, 2.75) is 19.8 Å². The number of nitrogens with zero attached hydrogens (tertiary/aromatic N) is 6. The van der Waals surface area contributed by atoms with Crippen LogP contribution in [0.3, 0.4) is 0 Å². The number of aryl methyl sites for hydroxylation is 1. The Morgan fingerprint density at radius 1 is 1.36 bits per heavy atom. The Morgan fingerprint density at radius 3 is 2.73 bits per heavy atom. The standard InChI is InChI=1S/C25H28N6O2/c1-5-17-9-20(31(23(17)27-2)14-15-6-7-15)24-28-19-8-18(10-21(33-4)22(19)29(24)3)25(32)30-12-16(11-26)13-30/h5,8-10,15-16H,6-7,12-14H2,1-4H3/b17-5-,27-23+. The van der Waals surface area contributed by atoms with E-state index in [0.717, 1.165) is 35.0 Å². The van der Waals surface area contributed by atoms with Gasteiger partial charge in [0.15, 0.2) is 5.82 Å². The van der Waals surface area contributed by atoms with Crippen molar-refractivity contribution in [2.75, 3.05) is 33.8 Å². The molecule has 3 heterocycles. The molecule has 0 bridgehead atoms. The molecule has 0 radical (unpaired) electrons. The molecule has 33 heavy (non-hydrogen) atoms. The Hall–Kier alpha value is -3.60. The highest BCUT2D eigenvalue weighted by atomic mass is 16.5. The average Bonchev–Trinajstić information content (AvgIpc) is 3.46. The number of amidine groups is 1. The van der Waals surface area contributed by atoms with Crippen LogP contribution >= 0.6 is 0 Å². The van der Waals surface area contributed by atoms with Gasteiger partial charge in [-0.3, -0.25) is 9.79 Å². The highest BCUT2D eigenvalue weighted by molar-refractivity contribution is 6.11.